The predicted molar refractivity (Wildman–Crippen MR) is 127 cm³/mol. The van der Waals surface area contributed by atoms with E-state index in [2.05, 4.69) is 16.0 Å². The van der Waals surface area contributed by atoms with Crippen molar-refractivity contribution in [2.45, 2.75) is 26.2 Å². The predicted octanol–water partition coefficient (Wildman–Crippen LogP) is 3.63. The van der Waals surface area contributed by atoms with Crippen LogP contribution in [0.2, 0.25) is 5.02 Å². The molecule has 7 nitrogen and oxygen atoms in total. The fourth-order valence-corrected chi connectivity index (χ4v) is 5.44. The molecule has 1 aromatic carbocycles. The quantitative estimate of drug-likeness (QED) is 0.568. The second-order valence-corrected chi connectivity index (χ2v) is 9.34. The van der Waals surface area contributed by atoms with E-state index in [0.717, 1.165) is 59.3 Å². The molecular weight excluding hydrogens is 442 g/mol. The van der Waals surface area contributed by atoms with Gasteiger partial charge in [0.25, 0.3) is 5.56 Å². The maximum atomic E-state index is 13.1. The van der Waals surface area contributed by atoms with Crippen molar-refractivity contribution in [1.82, 2.24) is 14.3 Å². The zero-order chi connectivity index (χ0) is 23.3. The second-order valence-electron chi connectivity index (χ2n) is 8.90. The number of rotatable bonds is 5. The summed E-state index contributed by atoms with van der Waals surface area (Å²) in [4.78, 5) is 20.1. The van der Waals surface area contributed by atoms with E-state index in [1.807, 2.05) is 13.8 Å². The average molecular weight is 470 g/mol. The molecule has 2 aliphatic rings. The van der Waals surface area contributed by atoms with E-state index in [1.165, 1.54) is 0 Å². The van der Waals surface area contributed by atoms with Crippen LogP contribution in [-0.2, 0) is 6.42 Å². The Labute approximate surface area is 197 Å². The molecule has 0 N–H and O–H groups in total. The number of nitrogens with zero attached hydrogens (tertiary/aromatic N) is 3. The largest absolute Gasteiger partial charge is 0.496 e. The monoisotopic (exact) mass is 469 g/mol. The van der Waals surface area contributed by atoms with Gasteiger partial charge in [-0.2, -0.15) is 0 Å². The van der Waals surface area contributed by atoms with Crippen LogP contribution in [0.25, 0.3) is 5.65 Å². The van der Waals surface area contributed by atoms with Gasteiger partial charge in [0.05, 0.1) is 25.8 Å². The molecule has 2 atom stereocenters. The van der Waals surface area contributed by atoms with Crippen LogP contribution < -0.4 is 19.8 Å². The molecule has 5 rings (SSSR count). The highest BCUT2D eigenvalue weighted by Crippen LogP contribution is 2.49. The lowest BCUT2D eigenvalue weighted by molar-refractivity contribution is 0.203. The molecule has 3 aromatic rings. The minimum atomic E-state index is -0.0461. The molecule has 2 aromatic heterocycles. The van der Waals surface area contributed by atoms with Crippen LogP contribution >= 0.6 is 11.6 Å². The first-order valence-electron chi connectivity index (χ1n) is 11.2. The van der Waals surface area contributed by atoms with Crippen LogP contribution in [0.4, 0.5) is 0 Å². The maximum Gasteiger partial charge on any atom is 0.261 e. The number of aryl methyl sites for hydroxylation is 1. The van der Waals surface area contributed by atoms with Gasteiger partial charge in [0.2, 0.25) is 0 Å². The summed E-state index contributed by atoms with van der Waals surface area (Å²) in [7, 11) is 3.35. The van der Waals surface area contributed by atoms with Gasteiger partial charge in [-0.05, 0) is 38.5 Å². The molecule has 0 spiro atoms. The standard InChI is InChI=1S/C25H28ClN3O4/c1-14-21(31-3)9-19-20-12-28(10-16(20)13-33-24(19)23(14)32-4)8-7-18-15(2)27-22-6-5-17(26)11-29(22)25(18)30/h5-6,9,11,16,20H,7-8,10,12-13H2,1-4H3. The molecule has 0 aliphatic carbocycles. The summed E-state index contributed by atoms with van der Waals surface area (Å²) in [6, 6.07) is 5.62. The van der Waals surface area contributed by atoms with Crippen LogP contribution in [0, 0.1) is 19.8 Å². The number of aromatic nitrogens is 2. The summed E-state index contributed by atoms with van der Waals surface area (Å²) >= 11 is 6.10. The molecule has 33 heavy (non-hydrogen) atoms. The van der Waals surface area contributed by atoms with Crippen molar-refractivity contribution in [3.63, 3.8) is 0 Å². The van der Waals surface area contributed by atoms with E-state index >= 15 is 0 Å². The van der Waals surface area contributed by atoms with Crippen molar-refractivity contribution in [3.05, 3.63) is 62.2 Å². The molecule has 2 aliphatic heterocycles. The van der Waals surface area contributed by atoms with E-state index in [-0.39, 0.29) is 5.56 Å². The van der Waals surface area contributed by atoms with Gasteiger partial charge in [-0.15, -0.1) is 0 Å². The van der Waals surface area contributed by atoms with Crippen LogP contribution in [-0.4, -0.2) is 54.7 Å². The molecule has 0 saturated carbocycles. The molecule has 0 radical (unpaired) electrons. The van der Waals surface area contributed by atoms with Crippen LogP contribution in [0.1, 0.15) is 28.3 Å². The highest BCUT2D eigenvalue weighted by atomic mass is 35.5. The van der Waals surface area contributed by atoms with Gasteiger partial charge in [0.15, 0.2) is 11.5 Å². The minimum absolute atomic E-state index is 0.0461. The van der Waals surface area contributed by atoms with Gasteiger partial charge in [-0.25, -0.2) is 4.98 Å². The van der Waals surface area contributed by atoms with Gasteiger partial charge in [-0.1, -0.05) is 11.6 Å². The SMILES string of the molecule is COc1cc2c(c(OC)c1C)OCC1CN(CCc3c(C)nc4ccc(Cl)cn4c3=O)CC21. The molecule has 0 bridgehead atoms. The summed E-state index contributed by atoms with van der Waals surface area (Å²) in [5, 5.41) is 0.518. The molecule has 4 heterocycles. The Kier molecular flexibility index (Phi) is 5.70. The van der Waals surface area contributed by atoms with Gasteiger partial charge in [0, 0.05) is 60.1 Å². The summed E-state index contributed by atoms with van der Waals surface area (Å²) in [6.07, 6.45) is 2.28. The normalized spacial score (nSPS) is 19.8. The second kappa shape index (κ2) is 8.54. The third-order valence-corrected chi connectivity index (χ3v) is 7.24. The van der Waals surface area contributed by atoms with Crippen molar-refractivity contribution in [1.29, 1.82) is 0 Å². The number of likely N-dealkylation sites (tertiary alicyclic amines) is 1. The Balaban J connectivity index is 1.38. The molecule has 2 unspecified atom stereocenters. The van der Waals surface area contributed by atoms with E-state index in [0.29, 0.717) is 35.5 Å². The topological polar surface area (TPSA) is 65.3 Å². The third-order valence-electron chi connectivity index (χ3n) is 7.01. The van der Waals surface area contributed by atoms with Gasteiger partial charge in [0.1, 0.15) is 11.4 Å². The zero-order valence-corrected chi connectivity index (χ0v) is 20.1. The number of halogens is 1. The Bertz CT molecular complexity index is 1290. The summed E-state index contributed by atoms with van der Waals surface area (Å²) in [5.41, 5.74) is 4.18. The fourth-order valence-electron chi connectivity index (χ4n) is 5.28. The van der Waals surface area contributed by atoms with Crippen molar-refractivity contribution >= 4 is 17.2 Å². The maximum absolute atomic E-state index is 13.1. The summed E-state index contributed by atoms with van der Waals surface area (Å²) < 4.78 is 19.0. The van der Waals surface area contributed by atoms with Crippen LogP contribution in [0.5, 0.6) is 17.2 Å². The fraction of sp³-hybridized carbons (Fsp3) is 0.440. The minimum Gasteiger partial charge on any atom is -0.496 e. The van der Waals surface area contributed by atoms with Crippen molar-refractivity contribution in [3.8, 4) is 17.2 Å². The van der Waals surface area contributed by atoms with E-state index in [1.54, 1.807) is 36.9 Å². The first kappa shape index (κ1) is 22.0. The Morgan fingerprint density at radius 2 is 2.03 bits per heavy atom. The molecule has 1 saturated heterocycles. The highest BCUT2D eigenvalue weighted by Gasteiger charge is 2.40. The number of methoxy groups -OCH3 is 2. The third kappa shape index (κ3) is 3.73. The number of hydrogen-bond donors (Lipinski definition) is 0. The number of fused-ring (bicyclic) bond motifs is 4. The molecular formula is C25H28ClN3O4. The number of benzene rings is 1. The van der Waals surface area contributed by atoms with Crippen LogP contribution in [0.3, 0.4) is 0 Å². The number of pyridine rings is 1. The first-order chi connectivity index (χ1) is 15.9. The lowest BCUT2D eigenvalue weighted by Gasteiger charge is -2.30. The smallest absolute Gasteiger partial charge is 0.261 e. The molecule has 0 amide bonds. The Morgan fingerprint density at radius 3 is 2.79 bits per heavy atom. The van der Waals surface area contributed by atoms with Crippen LogP contribution in [0.15, 0.2) is 29.2 Å². The lowest BCUT2D eigenvalue weighted by Crippen LogP contribution is -2.28. The van der Waals surface area contributed by atoms with Crippen molar-refractivity contribution in [2.75, 3.05) is 40.5 Å². The van der Waals surface area contributed by atoms with Gasteiger partial charge in [-0.3, -0.25) is 9.20 Å². The van der Waals surface area contributed by atoms with E-state index in [4.69, 9.17) is 25.8 Å². The Hall–Kier alpha value is -2.77. The van der Waals surface area contributed by atoms with E-state index < -0.39 is 0 Å². The average Bonchev–Trinajstić information content (AvgIpc) is 3.22. The first-order valence-corrected chi connectivity index (χ1v) is 11.6. The van der Waals surface area contributed by atoms with Crippen molar-refractivity contribution < 1.29 is 14.2 Å². The highest BCUT2D eigenvalue weighted by molar-refractivity contribution is 6.30. The van der Waals surface area contributed by atoms with E-state index in [9.17, 15) is 4.79 Å². The zero-order valence-electron chi connectivity index (χ0n) is 19.4. The molecule has 174 valence electrons. The summed E-state index contributed by atoms with van der Waals surface area (Å²) in [5.74, 6) is 3.14. The Morgan fingerprint density at radius 1 is 1.21 bits per heavy atom. The molecule has 1 fully saturated rings. The van der Waals surface area contributed by atoms with Gasteiger partial charge >= 0.3 is 0 Å². The number of ether oxygens (including phenoxy) is 3. The van der Waals surface area contributed by atoms with Gasteiger partial charge < -0.3 is 19.1 Å². The summed E-state index contributed by atoms with van der Waals surface area (Å²) in [6.45, 7) is 7.17. The number of hydrogen-bond acceptors (Lipinski definition) is 6. The lowest BCUT2D eigenvalue weighted by atomic mass is 9.86. The van der Waals surface area contributed by atoms with Crippen molar-refractivity contribution in [2.24, 2.45) is 5.92 Å². The molecule has 8 heteroatoms.